The Hall–Kier alpha value is -1.47. The van der Waals surface area contributed by atoms with Crippen molar-refractivity contribution in [2.45, 2.75) is 18.9 Å². The van der Waals surface area contributed by atoms with Crippen molar-refractivity contribution in [3.05, 3.63) is 34.4 Å². The summed E-state index contributed by atoms with van der Waals surface area (Å²) in [6, 6.07) is 5.75. The predicted octanol–water partition coefficient (Wildman–Crippen LogP) is 1.86. The summed E-state index contributed by atoms with van der Waals surface area (Å²) in [5, 5.41) is 16.3. The number of nitro benzene ring substituents is 1. The van der Waals surface area contributed by atoms with Crippen LogP contribution in [0.15, 0.2) is 24.3 Å². The largest absolute Gasteiger partial charge is 0.324 e. The Morgan fingerprint density at radius 1 is 1.50 bits per heavy atom. The fourth-order valence-corrected chi connectivity index (χ4v) is 1.83. The van der Waals surface area contributed by atoms with E-state index in [1.165, 1.54) is 12.1 Å². The van der Waals surface area contributed by atoms with Crippen molar-refractivity contribution < 1.29 is 9.72 Å². The van der Waals surface area contributed by atoms with E-state index < -0.39 is 4.92 Å². The first-order valence-corrected chi connectivity index (χ1v) is 5.45. The highest BCUT2D eigenvalue weighted by molar-refractivity contribution is 8.93. The van der Waals surface area contributed by atoms with Crippen LogP contribution >= 0.6 is 17.0 Å². The molecule has 1 aromatic rings. The number of nitrogens with zero attached hydrogens (tertiary/aromatic N) is 1. The lowest BCUT2D eigenvalue weighted by Crippen LogP contribution is -2.35. The molecular weight excluding hydrogens is 302 g/mol. The fourth-order valence-electron chi connectivity index (χ4n) is 1.83. The summed E-state index contributed by atoms with van der Waals surface area (Å²) in [6.45, 7) is 0.840. The molecule has 0 unspecified atom stereocenters. The number of anilines is 1. The monoisotopic (exact) mass is 315 g/mol. The van der Waals surface area contributed by atoms with Crippen molar-refractivity contribution in [3.63, 3.8) is 0 Å². The summed E-state index contributed by atoms with van der Waals surface area (Å²) in [5.41, 5.74) is 0.431. The third-order valence-electron chi connectivity index (χ3n) is 2.70. The number of halogens is 1. The Morgan fingerprint density at radius 2 is 2.28 bits per heavy atom. The number of carbonyl (C=O) groups excluding carboxylic acids is 1. The number of non-ortho nitro benzene ring substituents is 1. The average Bonchev–Trinajstić information content (AvgIpc) is 2.82. The van der Waals surface area contributed by atoms with Crippen LogP contribution in [0, 0.1) is 10.1 Å². The van der Waals surface area contributed by atoms with Gasteiger partial charge < -0.3 is 10.6 Å². The van der Waals surface area contributed by atoms with E-state index in [0.29, 0.717) is 5.69 Å². The minimum absolute atomic E-state index is 0. The van der Waals surface area contributed by atoms with E-state index >= 15 is 0 Å². The van der Waals surface area contributed by atoms with E-state index in [9.17, 15) is 14.9 Å². The van der Waals surface area contributed by atoms with E-state index in [4.69, 9.17) is 0 Å². The van der Waals surface area contributed by atoms with Crippen LogP contribution in [0.1, 0.15) is 12.8 Å². The van der Waals surface area contributed by atoms with Crippen molar-refractivity contribution >= 4 is 34.3 Å². The van der Waals surface area contributed by atoms with Crippen molar-refractivity contribution in [2.24, 2.45) is 0 Å². The minimum atomic E-state index is -0.483. The summed E-state index contributed by atoms with van der Waals surface area (Å²) in [5.74, 6) is -0.136. The van der Waals surface area contributed by atoms with Crippen LogP contribution in [-0.2, 0) is 4.79 Å². The fraction of sp³-hybridized carbons (Fsp3) is 0.364. The molecule has 0 spiro atoms. The Kier molecular flexibility index (Phi) is 5.24. The average molecular weight is 316 g/mol. The molecule has 1 aromatic carbocycles. The Balaban J connectivity index is 0.00000162. The molecule has 2 rings (SSSR count). The number of amides is 1. The van der Waals surface area contributed by atoms with E-state index in [0.717, 1.165) is 19.4 Å². The smallest absolute Gasteiger partial charge is 0.271 e. The molecule has 1 atom stereocenters. The first-order valence-electron chi connectivity index (χ1n) is 5.45. The van der Waals surface area contributed by atoms with Gasteiger partial charge in [0.25, 0.3) is 5.69 Å². The molecule has 18 heavy (non-hydrogen) atoms. The number of rotatable bonds is 3. The molecule has 1 fully saturated rings. The van der Waals surface area contributed by atoms with Crippen molar-refractivity contribution in [1.82, 2.24) is 5.32 Å². The van der Waals surface area contributed by atoms with Gasteiger partial charge in [0, 0.05) is 17.8 Å². The van der Waals surface area contributed by atoms with Gasteiger partial charge in [-0.15, -0.1) is 17.0 Å². The molecule has 1 heterocycles. The van der Waals surface area contributed by atoms with Crippen LogP contribution in [-0.4, -0.2) is 23.4 Å². The summed E-state index contributed by atoms with van der Waals surface area (Å²) in [7, 11) is 0. The number of nitro groups is 1. The van der Waals surface area contributed by atoms with Crippen LogP contribution in [0.2, 0.25) is 0 Å². The molecule has 0 radical (unpaired) electrons. The summed E-state index contributed by atoms with van der Waals surface area (Å²) >= 11 is 0. The van der Waals surface area contributed by atoms with Gasteiger partial charge in [-0.25, -0.2) is 0 Å². The van der Waals surface area contributed by atoms with Gasteiger partial charge in [0.15, 0.2) is 0 Å². The number of benzene rings is 1. The van der Waals surface area contributed by atoms with E-state index in [1.807, 2.05) is 0 Å². The highest BCUT2D eigenvalue weighted by atomic mass is 79.9. The van der Waals surface area contributed by atoms with Crippen LogP contribution in [0.5, 0.6) is 0 Å². The zero-order valence-electron chi connectivity index (χ0n) is 9.59. The topological polar surface area (TPSA) is 84.3 Å². The normalized spacial score (nSPS) is 17.9. The SMILES string of the molecule is Br.O=C(Nc1cccc([N+](=O)[O-])c1)[C@@H]1CCCN1. The van der Waals surface area contributed by atoms with Crippen LogP contribution in [0.3, 0.4) is 0 Å². The number of nitrogens with one attached hydrogen (secondary N) is 2. The zero-order valence-corrected chi connectivity index (χ0v) is 11.3. The van der Waals surface area contributed by atoms with Gasteiger partial charge in [0.1, 0.15) is 0 Å². The third-order valence-corrected chi connectivity index (χ3v) is 2.70. The summed E-state index contributed by atoms with van der Waals surface area (Å²) < 4.78 is 0. The highest BCUT2D eigenvalue weighted by Gasteiger charge is 2.22. The Morgan fingerprint density at radius 3 is 2.89 bits per heavy atom. The molecule has 1 aliphatic rings. The minimum Gasteiger partial charge on any atom is -0.324 e. The van der Waals surface area contributed by atoms with Crippen LogP contribution in [0.25, 0.3) is 0 Å². The summed E-state index contributed by atoms with van der Waals surface area (Å²) in [6.07, 6.45) is 1.79. The van der Waals surface area contributed by atoms with Crippen molar-refractivity contribution in [2.75, 3.05) is 11.9 Å². The first kappa shape index (κ1) is 14.6. The molecular formula is C11H14BrN3O3. The zero-order chi connectivity index (χ0) is 12.3. The standard InChI is InChI=1S/C11H13N3O3.BrH/c15-11(10-5-2-6-12-10)13-8-3-1-4-9(7-8)14(16)17;/h1,3-4,7,10,12H,2,5-6H2,(H,13,15);1H/t10-;/m0./s1. The second-order valence-electron chi connectivity index (χ2n) is 3.95. The Labute approximate surface area is 115 Å². The van der Waals surface area contributed by atoms with Crippen LogP contribution < -0.4 is 10.6 Å². The predicted molar refractivity (Wildman–Crippen MR) is 73.1 cm³/mol. The van der Waals surface area contributed by atoms with E-state index in [-0.39, 0.29) is 34.6 Å². The third kappa shape index (κ3) is 3.51. The van der Waals surface area contributed by atoms with Crippen molar-refractivity contribution in [1.29, 1.82) is 0 Å². The second kappa shape index (κ2) is 6.46. The van der Waals surface area contributed by atoms with Gasteiger partial charge in [-0.05, 0) is 25.5 Å². The maximum absolute atomic E-state index is 11.8. The molecule has 6 nitrogen and oxygen atoms in total. The molecule has 98 valence electrons. The molecule has 1 aliphatic heterocycles. The number of carbonyl (C=O) groups is 1. The van der Waals surface area contributed by atoms with Gasteiger partial charge in [-0.1, -0.05) is 6.07 Å². The molecule has 2 N–H and O–H groups in total. The number of hydrogen-bond donors (Lipinski definition) is 2. The van der Waals surface area contributed by atoms with Gasteiger partial charge in [-0.3, -0.25) is 14.9 Å². The maximum atomic E-state index is 11.8. The number of hydrogen-bond acceptors (Lipinski definition) is 4. The molecule has 0 bridgehead atoms. The van der Waals surface area contributed by atoms with Crippen molar-refractivity contribution in [3.8, 4) is 0 Å². The van der Waals surface area contributed by atoms with Gasteiger partial charge in [-0.2, -0.15) is 0 Å². The molecule has 0 aliphatic carbocycles. The summed E-state index contributed by atoms with van der Waals surface area (Å²) in [4.78, 5) is 21.8. The lowest BCUT2D eigenvalue weighted by atomic mass is 10.2. The van der Waals surface area contributed by atoms with E-state index in [1.54, 1.807) is 12.1 Å². The van der Waals surface area contributed by atoms with Gasteiger partial charge in [0.05, 0.1) is 11.0 Å². The lowest BCUT2D eigenvalue weighted by Gasteiger charge is -2.10. The molecule has 7 heteroatoms. The molecule has 1 amide bonds. The molecule has 1 saturated heterocycles. The Bertz CT molecular complexity index is 447. The van der Waals surface area contributed by atoms with Gasteiger partial charge >= 0.3 is 0 Å². The molecule has 0 aromatic heterocycles. The highest BCUT2D eigenvalue weighted by Crippen LogP contribution is 2.17. The quantitative estimate of drug-likeness (QED) is 0.658. The van der Waals surface area contributed by atoms with Gasteiger partial charge in [0.2, 0.25) is 5.91 Å². The first-order chi connectivity index (χ1) is 8.16. The molecule has 0 saturated carbocycles. The lowest BCUT2D eigenvalue weighted by molar-refractivity contribution is -0.384. The second-order valence-corrected chi connectivity index (χ2v) is 3.95. The maximum Gasteiger partial charge on any atom is 0.271 e. The van der Waals surface area contributed by atoms with Crippen LogP contribution in [0.4, 0.5) is 11.4 Å². The van der Waals surface area contributed by atoms with E-state index in [2.05, 4.69) is 10.6 Å².